The maximum atomic E-state index is 12.4. The van der Waals surface area contributed by atoms with Gasteiger partial charge in [0.2, 0.25) is 5.91 Å². The number of nitrogen functional groups attached to an aromatic ring is 2. The van der Waals surface area contributed by atoms with Crippen LogP contribution in [-0.4, -0.2) is 185 Å². The summed E-state index contributed by atoms with van der Waals surface area (Å²) in [4.78, 5) is 37.7. The molecular formula is C35H59ClN10O12. The Kier molecular flexibility index (Phi) is 22.2. The Balaban J connectivity index is 1.86. The number of guanidine groups is 1. The highest BCUT2D eigenvalue weighted by Crippen LogP contribution is 2.17. The molecule has 58 heavy (non-hydrogen) atoms. The number of hydrogen-bond acceptors (Lipinski definition) is 19. The smallest absolute Gasteiger partial charge is 0.280 e. The van der Waals surface area contributed by atoms with E-state index in [1.807, 2.05) is 24.3 Å². The first-order valence-electron chi connectivity index (χ1n) is 18.6. The summed E-state index contributed by atoms with van der Waals surface area (Å²) in [5.74, 6) is -1.75. The SMILES string of the molecule is NC(=O)C(CCc1ccc(CCCCN=C(N)NC(=O)c2nc(Cl)c(N)nc2N)cc1)NCCCN(C[C@H](O)[C@@H](O)[C@H](O)[C@H](O)CO)C[C@H](O)[C@@H](O)[C@H](O)[C@H](O)CO. The monoisotopic (exact) mass is 846 g/mol. The summed E-state index contributed by atoms with van der Waals surface area (Å²) in [6, 6.07) is 7.12. The van der Waals surface area contributed by atoms with Crippen LogP contribution in [0.25, 0.3) is 0 Å². The number of halogens is 1. The number of primary amides is 1. The number of nitrogens with two attached hydrogens (primary N) is 4. The number of rotatable bonds is 27. The zero-order chi connectivity index (χ0) is 43.5. The minimum absolute atomic E-state index is 0.0759. The number of benzene rings is 1. The number of aliphatic hydroxyl groups is 10. The molecule has 328 valence electrons. The van der Waals surface area contributed by atoms with Crippen molar-refractivity contribution in [1.29, 1.82) is 0 Å². The van der Waals surface area contributed by atoms with Gasteiger partial charge in [0.1, 0.15) is 36.6 Å². The van der Waals surface area contributed by atoms with Crippen LogP contribution in [0.4, 0.5) is 11.6 Å². The van der Waals surface area contributed by atoms with E-state index in [0.29, 0.717) is 25.8 Å². The van der Waals surface area contributed by atoms with Crippen LogP contribution in [0.15, 0.2) is 29.3 Å². The van der Waals surface area contributed by atoms with Gasteiger partial charge in [0.25, 0.3) is 5.91 Å². The van der Waals surface area contributed by atoms with E-state index in [-0.39, 0.29) is 48.0 Å². The van der Waals surface area contributed by atoms with Crippen molar-refractivity contribution >= 4 is 41.0 Å². The third kappa shape index (κ3) is 16.8. The fourth-order valence-electron chi connectivity index (χ4n) is 5.70. The number of nitrogens with zero attached hydrogens (tertiary/aromatic N) is 4. The van der Waals surface area contributed by atoms with E-state index in [1.54, 1.807) is 0 Å². The molecule has 0 aliphatic rings. The van der Waals surface area contributed by atoms with Gasteiger partial charge in [-0.05, 0) is 62.7 Å². The molecule has 0 fully saturated rings. The first-order valence-corrected chi connectivity index (χ1v) is 19.0. The van der Waals surface area contributed by atoms with Gasteiger partial charge >= 0.3 is 0 Å². The molecular weight excluding hydrogens is 788 g/mol. The van der Waals surface area contributed by atoms with Crippen LogP contribution in [-0.2, 0) is 17.6 Å². The van der Waals surface area contributed by atoms with E-state index in [2.05, 4.69) is 25.6 Å². The number of aromatic nitrogens is 2. The van der Waals surface area contributed by atoms with Gasteiger partial charge in [-0.3, -0.25) is 24.8 Å². The lowest BCUT2D eigenvalue weighted by Gasteiger charge is -2.33. The average Bonchev–Trinajstić information content (AvgIpc) is 3.19. The zero-order valence-electron chi connectivity index (χ0n) is 32.0. The topological polar surface area (TPSA) is 406 Å². The number of carbonyl (C=O) groups is 2. The van der Waals surface area contributed by atoms with E-state index >= 15 is 0 Å². The summed E-state index contributed by atoms with van der Waals surface area (Å²) in [7, 11) is 0. The fourth-order valence-corrected chi connectivity index (χ4v) is 5.83. The maximum absolute atomic E-state index is 12.4. The molecule has 20 N–H and O–H groups in total. The number of nitrogens with one attached hydrogen (secondary N) is 2. The Morgan fingerprint density at radius 3 is 1.78 bits per heavy atom. The van der Waals surface area contributed by atoms with Gasteiger partial charge < -0.3 is 79.3 Å². The highest BCUT2D eigenvalue weighted by molar-refractivity contribution is 6.31. The first-order chi connectivity index (χ1) is 27.4. The van der Waals surface area contributed by atoms with Crippen molar-refractivity contribution in [3.05, 3.63) is 46.2 Å². The van der Waals surface area contributed by atoms with Crippen molar-refractivity contribution in [2.75, 3.05) is 57.4 Å². The molecule has 0 spiro atoms. The predicted molar refractivity (Wildman–Crippen MR) is 212 cm³/mol. The van der Waals surface area contributed by atoms with Crippen molar-refractivity contribution < 1.29 is 60.7 Å². The van der Waals surface area contributed by atoms with E-state index in [4.69, 9.17) is 44.7 Å². The molecule has 23 heteroatoms. The normalized spacial score (nSPS) is 16.9. The third-order valence-corrected chi connectivity index (χ3v) is 9.47. The molecule has 2 rings (SSSR count). The quantitative estimate of drug-likeness (QED) is 0.0226. The second-order valence-corrected chi connectivity index (χ2v) is 14.1. The number of anilines is 2. The number of hydrogen-bond donors (Lipinski definition) is 16. The number of carbonyl (C=O) groups excluding carboxylic acids is 2. The molecule has 0 aliphatic carbocycles. The van der Waals surface area contributed by atoms with Crippen LogP contribution in [0.1, 0.15) is 47.3 Å². The predicted octanol–water partition coefficient (Wildman–Crippen LogP) is -5.70. The second-order valence-electron chi connectivity index (χ2n) is 13.8. The first kappa shape index (κ1) is 50.3. The van der Waals surface area contributed by atoms with E-state index in [1.165, 1.54) is 4.90 Å². The van der Waals surface area contributed by atoms with Crippen LogP contribution >= 0.6 is 11.6 Å². The molecule has 0 aliphatic heterocycles. The molecule has 1 aromatic carbocycles. The van der Waals surface area contributed by atoms with Gasteiger partial charge in [-0.25, -0.2) is 9.97 Å². The van der Waals surface area contributed by atoms with E-state index < -0.39 is 93.0 Å². The minimum Gasteiger partial charge on any atom is -0.394 e. The van der Waals surface area contributed by atoms with Gasteiger partial charge in [-0.1, -0.05) is 35.9 Å². The van der Waals surface area contributed by atoms with Gasteiger partial charge in [-0.2, -0.15) is 0 Å². The summed E-state index contributed by atoms with van der Waals surface area (Å²) in [6.45, 7) is -1.95. The lowest BCUT2D eigenvalue weighted by Crippen LogP contribution is -2.53. The number of unbranched alkanes of at least 4 members (excludes halogenated alkanes) is 1. The van der Waals surface area contributed by atoms with Crippen LogP contribution in [0.5, 0.6) is 0 Å². The largest absolute Gasteiger partial charge is 0.394 e. The summed E-state index contributed by atoms with van der Waals surface area (Å²) < 4.78 is 0. The standard InChI is InChI=1S/C35H59ClN10O12/c36-30-32(38)44-31(37)25(43-30)34(58)45-35(40)42-11-2-1-4-18-5-7-19(8-6-18)9-10-20(33(39)57)41-12-3-13-46(14-21(49)26(53)28(55)23(51)16-47)15-22(50)27(54)29(56)24(52)17-48/h5-8,20-24,26-29,41,47-56H,1-4,9-17H2,(H2,39,57)(H4,37,38,44)(H3,40,42,45,58)/t20?,21-,22-,23+,24+,26+,27+,28+,29+/m0/s1. The molecule has 0 saturated heterocycles. The van der Waals surface area contributed by atoms with Crippen LogP contribution in [0, 0.1) is 0 Å². The maximum Gasteiger partial charge on any atom is 0.280 e. The highest BCUT2D eigenvalue weighted by atomic mass is 35.5. The number of aryl methyl sites for hydroxylation is 2. The summed E-state index contributed by atoms with van der Waals surface area (Å²) in [5.41, 5.74) is 24.5. The summed E-state index contributed by atoms with van der Waals surface area (Å²) in [5, 5.41) is 104. The molecule has 0 bridgehead atoms. The Morgan fingerprint density at radius 2 is 1.26 bits per heavy atom. The lowest BCUT2D eigenvalue weighted by atomic mass is 10.0. The Labute approximate surface area is 340 Å². The van der Waals surface area contributed by atoms with Crippen LogP contribution in [0.2, 0.25) is 5.15 Å². The molecule has 9 atom stereocenters. The van der Waals surface area contributed by atoms with Gasteiger partial charge in [-0.15, -0.1) is 0 Å². The Hall–Kier alpha value is -3.88. The molecule has 0 radical (unpaired) electrons. The molecule has 1 aromatic heterocycles. The number of aliphatic imine (C=N–C) groups is 1. The van der Waals surface area contributed by atoms with Crippen molar-refractivity contribution in [1.82, 2.24) is 25.5 Å². The van der Waals surface area contributed by atoms with Crippen LogP contribution < -0.4 is 33.6 Å². The van der Waals surface area contributed by atoms with Crippen molar-refractivity contribution in [3.8, 4) is 0 Å². The molecule has 1 unspecified atom stereocenters. The van der Waals surface area contributed by atoms with Gasteiger partial charge in [0, 0.05) is 19.6 Å². The fraction of sp³-hybridized carbons (Fsp3) is 0.629. The third-order valence-electron chi connectivity index (χ3n) is 9.19. The summed E-state index contributed by atoms with van der Waals surface area (Å²) in [6.07, 6.45) is -11.2. The summed E-state index contributed by atoms with van der Waals surface area (Å²) >= 11 is 5.81. The zero-order valence-corrected chi connectivity index (χ0v) is 32.7. The van der Waals surface area contributed by atoms with Crippen LogP contribution in [0.3, 0.4) is 0 Å². The molecule has 1 heterocycles. The number of amides is 2. The molecule has 0 saturated carbocycles. The number of aliphatic hydroxyl groups excluding tert-OH is 10. The molecule has 2 amide bonds. The lowest BCUT2D eigenvalue weighted by molar-refractivity contribution is -0.130. The minimum atomic E-state index is -1.91. The second kappa shape index (κ2) is 25.6. The molecule has 22 nitrogen and oxygen atoms in total. The Morgan fingerprint density at radius 1 is 0.741 bits per heavy atom. The molecule has 2 aromatic rings. The highest BCUT2D eigenvalue weighted by Gasteiger charge is 2.34. The van der Waals surface area contributed by atoms with Gasteiger partial charge in [0.15, 0.2) is 28.4 Å². The van der Waals surface area contributed by atoms with E-state index in [9.17, 15) is 50.4 Å². The van der Waals surface area contributed by atoms with Gasteiger partial charge in [0.05, 0.1) is 31.5 Å². The Bertz CT molecular complexity index is 1550. The van der Waals surface area contributed by atoms with Crippen molar-refractivity contribution in [3.63, 3.8) is 0 Å². The van der Waals surface area contributed by atoms with E-state index in [0.717, 1.165) is 24.0 Å². The van der Waals surface area contributed by atoms with Crippen molar-refractivity contribution in [2.24, 2.45) is 16.5 Å². The average molecular weight is 847 g/mol. The van der Waals surface area contributed by atoms with Crippen molar-refractivity contribution in [2.45, 2.75) is 93.4 Å².